The first-order chi connectivity index (χ1) is 19.0. The van der Waals surface area contributed by atoms with Crippen LogP contribution in [0.5, 0.6) is 0 Å². The Hall–Kier alpha value is -3.83. The maximum absolute atomic E-state index is 13.2. The second-order valence-electron chi connectivity index (χ2n) is 10.2. The van der Waals surface area contributed by atoms with Crippen LogP contribution in [0.15, 0.2) is 72.8 Å². The van der Waals surface area contributed by atoms with Crippen LogP contribution in [0, 0.1) is 5.92 Å². The summed E-state index contributed by atoms with van der Waals surface area (Å²) >= 11 is 0. The zero-order valence-corrected chi connectivity index (χ0v) is 22.6. The second kappa shape index (κ2) is 11.0. The van der Waals surface area contributed by atoms with Gasteiger partial charge in [0.05, 0.1) is 11.3 Å². The smallest absolute Gasteiger partial charge is 0.354 e. The number of nitrogens with one attached hydrogen (secondary N) is 3. The zero-order valence-electron chi connectivity index (χ0n) is 21.8. The summed E-state index contributed by atoms with van der Waals surface area (Å²) in [5.41, 5.74) is -1.98. The number of carbonyl (C=O) groups excluding carboxylic acids is 1. The number of alkyl halides is 3. The largest absolute Gasteiger partial charge is 0.516 e. The van der Waals surface area contributed by atoms with Crippen LogP contribution in [0.3, 0.4) is 0 Å². The third kappa shape index (κ3) is 6.00. The van der Waals surface area contributed by atoms with Gasteiger partial charge in [-0.25, -0.2) is 0 Å². The number of fused-ring (bicyclic) bond motifs is 1. The fourth-order valence-electron chi connectivity index (χ4n) is 4.89. The SMILES string of the molecule is CC1CCN(Cc2ccc(N/C(=C3/C(=O)Nc4ccc(NS(=O)(=O)C(F)(F)F)cc43)c3ccccc3)cc2)CC1. The van der Waals surface area contributed by atoms with E-state index in [1.807, 2.05) is 54.6 Å². The number of rotatable bonds is 7. The summed E-state index contributed by atoms with van der Waals surface area (Å²) in [5, 5.41) is 6.04. The molecule has 1 fully saturated rings. The summed E-state index contributed by atoms with van der Waals surface area (Å²) < 4.78 is 63.8. The van der Waals surface area contributed by atoms with Crippen LogP contribution in [-0.4, -0.2) is 37.8 Å². The van der Waals surface area contributed by atoms with Crippen LogP contribution in [0.2, 0.25) is 0 Å². The van der Waals surface area contributed by atoms with Crippen LogP contribution in [0.25, 0.3) is 11.3 Å². The number of sulfonamides is 1. The van der Waals surface area contributed by atoms with Crippen molar-refractivity contribution in [3.05, 3.63) is 89.5 Å². The molecule has 1 saturated heterocycles. The lowest BCUT2D eigenvalue weighted by Gasteiger charge is -2.30. The van der Waals surface area contributed by atoms with E-state index in [0.29, 0.717) is 16.9 Å². The quantitative estimate of drug-likeness (QED) is 0.298. The van der Waals surface area contributed by atoms with Gasteiger partial charge in [0.2, 0.25) is 0 Å². The van der Waals surface area contributed by atoms with Gasteiger partial charge in [0, 0.05) is 29.2 Å². The van der Waals surface area contributed by atoms with Crippen LogP contribution in [-0.2, 0) is 21.4 Å². The van der Waals surface area contributed by atoms with Crippen LogP contribution in [0.4, 0.5) is 30.2 Å². The van der Waals surface area contributed by atoms with E-state index in [-0.39, 0.29) is 16.8 Å². The van der Waals surface area contributed by atoms with Gasteiger partial charge in [-0.05, 0) is 73.3 Å². The molecule has 3 aromatic carbocycles. The molecule has 0 bridgehead atoms. The molecule has 0 atom stereocenters. The molecule has 1 amide bonds. The maximum Gasteiger partial charge on any atom is 0.516 e. The van der Waals surface area contributed by atoms with E-state index in [1.165, 1.54) is 36.6 Å². The highest BCUT2D eigenvalue weighted by Gasteiger charge is 2.46. The molecule has 2 aliphatic heterocycles. The molecular formula is C29H29F3N4O3S. The van der Waals surface area contributed by atoms with Crippen molar-refractivity contribution in [1.82, 2.24) is 4.90 Å². The summed E-state index contributed by atoms with van der Waals surface area (Å²) in [7, 11) is -5.63. The van der Waals surface area contributed by atoms with E-state index in [0.717, 1.165) is 31.2 Å². The van der Waals surface area contributed by atoms with Crippen LogP contribution >= 0.6 is 0 Å². The lowest BCUT2D eigenvalue weighted by atomic mass is 9.98. The average Bonchev–Trinajstić information content (AvgIpc) is 3.24. The fourth-order valence-corrected chi connectivity index (χ4v) is 5.44. The molecule has 0 saturated carbocycles. The maximum atomic E-state index is 13.2. The van der Waals surface area contributed by atoms with Crippen molar-refractivity contribution in [2.24, 2.45) is 5.92 Å². The van der Waals surface area contributed by atoms with E-state index in [1.54, 1.807) is 4.72 Å². The van der Waals surface area contributed by atoms with E-state index in [2.05, 4.69) is 22.5 Å². The Kier molecular flexibility index (Phi) is 7.61. The molecule has 11 heteroatoms. The molecular weight excluding hydrogens is 541 g/mol. The lowest BCUT2D eigenvalue weighted by molar-refractivity contribution is -0.110. The minimum Gasteiger partial charge on any atom is -0.354 e. The van der Waals surface area contributed by atoms with Gasteiger partial charge in [0.1, 0.15) is 0 Å². The van der Waals surface area contributed by atoms with Gasteiger partial charge in [0.15, 0.2) is 0 Å². The molecule has 0 radical (unpaired) electrons. The third-order valence-corrected chi connectivity index (χ3v) is 8.25. The van der Waals surface area contributed by atoms with Gasteiger partial charge in [-0.1, -0.05) is 49.4 Å². The van der Waals surface area contributed by atoms with Crippen molar-refractivity contribution < 1.29 is 26.4 Å². The number of benzene rings is 3. The molecule has 0 aromatic heterocycles. The molecule has 0 aliphatic carbocycles. The van der Waals surface area contributed by atoms with Gasteiger partial charge in [0.25, 0.3) is 5.91 Å². The lowest BCUT2D eigenvalue weighted by Crippen LogP contribution is -2.32. The highest BCUT2D eigenvalue weighted by Crippen LogP contribution is 2.39. The first-order valence-corrected chi connectivity index (χ1v) is 14.4. The number of hydrogen-bond acceptors (Lipinski definition) is 5. The number of piperidine rings is 1. The van der Waals surface area contributed by atoms with Crippen molar-refractivity contribution in [1.29, 1.82) is 0 Å². The van der Waals surface area contributed by atoms with Crippen molar-refractivity contribution in [2.45, 2.75) is 31.8 Å². The Balaban J connectivity index is 1.47. The zero-order chi connectivity index (χ0) is 28.5. The Morgan fingerprint density at radius 2 is 1.62 bits per heavy atom. The van der Waals surface area contributed by atoms with Crippen molar-refractivity contribution in [3.8, 4) is 0 Å². The third-order valence-electron chi connectivity index (χ3n) is 7.14. The first kappa shape index (κ1) is 27.7. The van der Waals surface area contributed by atoms with E-state index < -0.39 is 21.4 Å². The number of anilines is 3. The van der Waals surface area contributed by atoms with Crippen LogP contribution in [0.1, 0.15) is 36.5 Å². The molecule has 3 aromatic rings. The number of hydrogen-bond donors (Lipinski definition) is 3. The normalized spacial score (nSPS) is 17.8. The first-order valence-electron chi connectivity index (χ1n) is 12.9. The molecule has 40 heavy (non-hydrogen) atoms. The standard InChI is InChI=1S/C29H29F3N4O3S/c1-19-13-15-36(16-14-19)18-20-7-9-22(10-8-20)33-27(21-5-3-2-4-6-21)26-24-17-23(11-12-25(24)34-28(26)37)35-40(38,39)29(30,31)32/h2-12,17,19,33,35H,13-16,18H2,1H3,(H,34,37)/b27-26+. The molecule has 7 nitrogen and oxygen atoms in total. The molecule has 210 valence electrons. The van der Waals surface area contributed by atoms with Crippen molar-refractivity contribution in [2.75, 3.05) is 28.4 Å². The van der Waals surface area contributed by atoms with Crippen molar-refractivity contribution in [3.63, 3.8) is 0 Å². The second-order valence-corrected chi connectivity index (χ2v) is 11.8. The number of amides is 1. The Labute approximate surface area is 231 Å². The summed E-state index contributed by atoms with van der Waals surface area (Å²) in [6, 6.07) is 20.7. The van der Waals surface area contributed by atoms with Gasteiger partial charge in [-0.2, -0.15) is 21.6 Å². The number of carbonyl (C=O) groups is 1. The molecule has 0 spiro atoms. The van der Waals surface area contributed by atoms with Gasteiger partial charge >= 0.3 is 15.5 Å². The van der Waals surface area contributed by atoms with E-state index >= 15 is 0 Å². The predicted molar refractivity (Wildman–Crippen MR) is 151 cm³/mol. The Morgan fingerprint density at radius 1 is 0.975 bits per heavy atom. The highest BCUT2D eigenvalue weighted by molar-refractivity contribution is 7.93. The summed E-state index contributed by atoms with van der Waals surface area (Å²) in [5.74, 6) is 0.291. The van der Waals surface area contributed by atoms with Crippen LogP contribution < -0.4 is 15.4 Å². The topological polar surface area (TPSA) is 90.5 Å². The van der Waals surface area contributed by atoms with Crippen molar-refractivity contribution >= 4 is 44.3 Å². The van der Waals surface area contributed by atoms with E-state index in [4.69, 9.17) is 0 Å². The fraction of sp³-hybridized carbons (Fsp3) is 0.276. The van der Waals surface area contributed by atoms with Gasteiger partial charge in [-0.3, -0.25) is 14.4 Å². The molecule has 5 rings (SSSR count). The monoisotopic (exact) mass is 570 g/mol. The summed E-state index contributed by atoms with van der Waals surface area (Å²) in [6.45, 7) is 5.27. The van der Waals surface area contributed by atoms with Gasteiger partial charge < -0.3 is 10.6 Å². The molecule has 0 unspecified atom stereocenters. The predicted octanol–water partition coefficient (Wildman–Crippen LogP) is 6.11. The van der Waals surface area contributed by atoms with Gasteiger partial charge in [-0.15, -0.1) is 0 Å². The number of likely N-dealkylation sites (tertiary alicyclic amines) is 1. The average molecular weight is 571 g/mol. The Morgan fingerprint density at radius 3 is 2.27 bits per heavy atom. The minimum absolute atomic E-state index is 0.181. The minimum atomic E-state index is -5.63. The highest BCUT2D eigenvalue weighted by atomic mass is 32.2. The number of halogens is 3. The van der Waals surface area contributed by atoms with E-state index in [9.17, 15) is 26.4 Å². The molecule has 2 aliphatic rings. The Bertz CT molecular complexity index is 1530. The molecule has 3 N–H and O–H groups in total. The summed E-state index contributed by atoms with van der Waals surface area (Å²) in [4.78, 5) is 15.6. The summed E-state index contributed by atoms with van der Waals surface area (Å²) in [6.07, 6.45) is 2.38. The molecule has 2 heterocycles. The number of nitrogens with zero attached hydrogens (tertiary/aromatic N) is 1.